The molecule has 0 aromatic rings. The van der Waals surface area contributed by atoms with Crippen LogP contribution in [0, 0.1) is 0 Å². The number of rotatable bonds is 5. The molecule has 0 aromatic heterocycles. The highest BCUT2D eigenvalue weighted by atomic mass is 16.5. The number of hydrogen-bond acceptors (Lipinski definition) is 2. The van der Waals surface area contributed by atoms with Gasteiger partial charge in [0.25, 0.3) is 0 Å². The average Bonchev–Trinajstić information content (AvgIpc) is 1.89. The molecule has 0 saturated carbocycles. The zero-order valence-electron chi connectivity index (χ0n) is 5.84. The topological polar surface area (TPSA) is 29.5 Å². The van der Waals surface area contributed by atoms with Crippen LogP contribution in [0.3, 0.4) is 0 Å². The summed E-state index contributed by atoms with van der Waals surface area (Å²) in [6.45, 7) is 3.59. The third kappa shape index (κ3) is 7.66. The van der Waals surface area contributed by atoms with E-state index in [0.29, 0.717) is 6.61 Å². The number of hydrogen-bond donors (Lipinski definition) is 1. The molecule has 0 radical (unpaired) electrons. The predicted octanol–water partition coefficient (Wildman–Crippen LogP) is 0.961. The van der Waals surface area contributed by atoms with Crippen molar-refractivity contribution >= 4 is 0 Å². The van der Waals surface area contributed by atoms with Crippen molar-refractivity contribution in [2.45, 2.75) is 13.3 Å². The van der Waals surface area contributed by atoms with Crippen molar-refractivity contribution in [3.05, 3.63) is 12.2 Å². The van der Waals surface area contributed by atoms with Crippen LogP contribution in [-0.2, 0) is 4.74 Å². The summed E-state index contributed by atoms with van der Waals surface area (Å²) < 4.78 is 5.09. The van der Waals surface area contributed by atoms with E-state index in [1.807, 2.05) is 6.08 Å². The fourth-order valence-electron chi connectivity index (χ4n) is 0.438. The Kier molecular flexibility index (Phi) is 7.37. The van der Waals surface area contributed by atoms with Gasteiger partial charge in [0.2, 0.25) is 0 Å². The standard InChI is InChI=1S/C7H14O2/c1-2-6-9-7-4-3-5-8/h3-4,8H,2,5-7H2,1H3/b4-3-. The van der Waals surface area contributed by atoms with Gasteiger partial charge in [-0.25, -0.2) is 0 Å². The molecule has 1 N–H and O–H groups in total. The minimum Gasteiger partial charge on any atom is -0.392 e. The summed E-state index contributed by atoms with van der Waals surface area (Å²) in [7, 11) is 0. The molecule has 0 aromatic carbocycles. The van der Waals surface area contributed by atoms with E-state index in [4.69, 9.17) is 9.84 Å². The van der Waals surface area contributed by atoms with Gasteiger partial charge in [-0.2, -0.15) is 0 Å². The lowest BCUT2D eigenvalue weighted by Crippen LogP contribution is -1.91. The van der Waals surface area contributed by atoms with E-state index in [-0.39, 0.29) is 6.61 Å². The normalized spacial score (nSPS) is 10.9. The SMILES string of the molecule is CCCOC/C=C\CO. The van der Waals surface area contributed by atoms with Crippen LogP contribution in [0.5, 0.6) is 0 Å². The number of aliphatic hydroxyl groups excluding tert-OH is 1. The van der Waals surface area contributed by atoms with E-state index >= 15 is 0 Å². The summed E-state index contributed by atoms with van der Waals surface area (Å²) in [5.74, 6) is 0. The van der Waals surface area contributed by atoms with Crippen LogP contribution >= 0.6 is 0 Å². The second kappa shape index (κ2) is 7.66. The molecule has 2 heteroatoms. The molecular weight excluding hydrogens is 116 g/mol. The van der Waals surface area contributed by atoms with Gasteiger partial charge in [-0.3, -0.25) is 0 Å². The highest BCUT2D eigenvalue weighted by Gasteiger charge is 1.77. The smallest absolute Gasteiger partial charge is 0.0648 e. The van der Waals surface area contributed by atoms with E-state index in [1.54, 1.807) is 6.08 Å². The minimum absolute atomic E-state index is 0.107. The van der Waals surface area contributed by atoms with Crippen LogP contribution < -0.4 is 0 Å². The second-order valence-corrected chi connectivity index (χ2v) is 1.73. The molecule has 0 fully saturated rings. The molecular formula is C7H14O2. The lowest BCUT2D eigenvalue weighted by molar-refractivity contribution is 0.162. The van der Waals surface area contributed by atoms with Crippen LogP contribution in [0.1, 0.15) is 13.3 Å². The first-order chi connectivity index (χ1) is 4.41. The summed E-state index contributed by atoms with van der Waals surface area (Å²) in [4.78, 5) is 0. The van der Waals surface area contributed by atoms with Crippen LogP contribution in [0.25, 0.3) is 0 Å². The van der Waals surface area contributed by atoms with E-state index in [0.717, 1.165) is 13.0 Å². The zero-order chi connectivity index (χ0) is 6.95. The van der Waals surface area contributed by atoms with Crippen molar-refractivity contribution in [1.29, 1.82) is 0 Å². The van der Waals surface area contributed by atoms with Gasteiger partial charge in [-0.05, 0) is 6.42 Å². The molecule has 0 saturated heterocycles. The van der Waals surface area contributed by atoms with Crippen LogP contribution in [0.15, 0.2) is 12.2 Å². The minimum atomic E-state index is 0.107. The first-order valence-corrected chi connectivity index (χ1v) is 3.25. The van der Waals surface area contributed by atoms with Gasteiger partial charge in [0.1, 0.15) is 0 Å². The largest absolute Gasteiger partial charge is 0.392 e. The molecule has 0 rings (SSSR count). The molecule has 0 aliphatic carbocycles. The van der Waals surface area contributed by atoms with Crippen molar-refractivity contribution in [2.24, 2.45) is 0 Å². The van der Waals surface area contributed by atoms with E-state index in [1.165, 1.54) is 0 Å². The van der Waals surface area contributed by atoms with Crippen LogP contribution in [-0.4, -0.2) is 24.9 Å². The van der Waals surface area contributed by atoms with Crippen molar-refractivity contribution < 1.29 is 9.84 Å². The van der Waals surface area contributed by atoms with E-state index < -0.39 is 0 Å². The van der Waals surface area contributed by atoms with Gasteiger partial charge >= 0.3 is 0 Å². The summed E-state index contributed by atoms with van der Waals surface area (Å²) in [5, 5.41) is 8.28. The Morgan fingerprint density at radius 1 is 1.44 bits per heavy atom. The predicted molar refractivity (Wildman–Crippen MR) is 37.3 cm³/mol. The summed E-state index contributed by atoms with van der Waals surface area (Å²) in [5.41, 5.74) is 0. The molecule has 0 spiro atoms. The highest BCUT2D eigenvalue weighted by Crippen LogP contribution is 1.80. The first kappa shape index (κ1) is 8.66. The van der Waals surface area contributed by atoms with Gasteiger partial charge in [0.15, 0.2) is 0 Å². The van der Waals surface area contributed by atoms with Gasteiger partial charge < -0.3 is 9.84 Å². The summed E-state index contributed by atoms with van der Waals surface area (Å²) in [6, 6.07) is 0. The maximum atomic E-state index is 8.28. The van der Waals surface area contributed by atoms with Gasteiger partial charge in [-0.15, -0.1) is 0 Å². The molecule has 2 nitrogen and oxygen atoms in total. The van der Waals surface area contributed by atoms with E-state index in [9.17, 15) is 0 Å². The first-order valence-electron chi connectivity index (χ1n) is 3.25. The third-order valence-corrected chi connectivity index (χ3v) is 0.835. The molecule has 0 bridgehead atoms. The van der Waals surface area contributed by atoms with Crippen molar-refractivity contribution in [1.82, 2.24) is 0 Å². The van der Waals surface area contributed by atoms with Crippen molar-refractivity contribution in [2.75, 3.05) is 19.8 Å². The summed E-state index contributed by atoms with van der Waals surface area (Å²) >= 11 is 0. The lowest BCUT2D eigenvalue weighted by atomic mass is 10.5. The van der Waals surface area contributed by atoms with Crippen molar-refractivity contribution in [3.63, 3.8) is 0 Å². The van der Waals surface area contributed by atoms with Crippen LogP contribution in [0.4, 0.5) is 0 Å². The van der Waals surface area contributed by atoms with Gasteiger partial charge in [-0.1, -0.05) is 19.1 Å². The van der Waals surface area contributed by atoms with E-state index in [2.05, 4.69) is 6.92 Å². The number of aliphatic hydroxyl groups is 1. The Balaban J connectivity index is 2.82. The quantitative estimate of drug-likeness (QED) is 0.443. The Morgan fingerprint density at radius 3 is 2.78 bits per heavy atom. The van der Waals surface area contributed by atoms with Gasteiger partial charge in [0, 0.05) is 6.61 Å². The van der Waals surface area contributed by atoms with Crippen LogP contribution in [0.2, 0.25) is 0 Å². The Bertz CT molecular complexity index is 69.3. The Hall–Kier alpha value is -0.340. The average molecular weight is 130 g/mol. The molecule has 54 valence electrons. The highest BCUT2D eigenvalue weighted by molar-refractivity contribution is 4.79. The molecule has 0 atom stereocenters. The maximum Gasteiger partial charge on any atom is 0.0648 e. The Labute approximate surface area is 56.1 Å². The molecule has 0 amide bonds. The second-order valence-electron chi connectivity index (χ2n) is 1.73. The molecule has 0 unspecified atom stereocenters. The molecule has 9 heavy (non-hydrogen) atoms. The summed E-state index contributed by atoms with van der Waals surface area (Å²) in [6.07, 6.45) is 4.54. The molecule has 0 aliphatic heterocycles. The maximum absolute atomic E-state index is 8.28. The number of ether oxygens (including phenoxy) is 1. The monoisotopic (exact) mass is 130 g/mol. The zero-order valence-corrected chi connectivity index (χ0v) is 5.84. The molecule has 0 heterocycles. The fourth-order valence-corrected chi connectivity index (χ4v) is 0.438. The third-order valence-electron chi connectivity index (χ3n) is 0.835. The lowest BCUT2D eigenvalue weighted by Gasteiger charge is -1.94. The Morgan fingerprint density at radius 2 is 2.22 bits per heavy atom. The molecule has 0 aliphatic rings. The van der Waals surface area contributed by atoms with Gasteiger partial charge in [0.05, 0.1) is 13.2 Å². The van der Waals surface area contributed by atoms with Crippen molar-refractivity contribution in [3.8, 4) is 0 Å². The fraction of sp³-hybridized carbons (Fsp3) is 0.714.